The van der Waals surface area contributed by atoms with Crippen molar-refractivity contribution in [1.82, 2.24) is 10.2 Å². The second kappa shape index (κ2) is 14.0. The Balaban J connectivity index is 1.72. The number of carbonyl (C=O) groups excluding carboxylic acids is 2. The van der Waals surface area contributed by atoms with Gasteiger partial charge in [-0.2, -0.15) is 0 Å². The van der Waals surface area contributed by atoms with Gasteiger partial charge in [-0.1, -0.05) is 87.2 Å². The molecule has 3 aromatic carbocycles. The minimum absolute atomic E-state index is 0.0728. The van der Waals surface area contributed by atoms with Crippen LogP contribution in [0.3, 0.4) is 0 Å². The van der Waals surface area contributed by atoms with Gasteiger partial charge in [0.1, 0.15) is 12.6 Å². The van der Waals surface area contributed by atoms with E-state index in [4.69, 9.17) is 0 Å². The largest absolute Gasteiger partial charge is 0.352 e. The molecule has 1 fully saturated rings. The molecule has 7 nitrogen and oxygen atoms in total. The molecule has 0 aromatic heterocycles. The van der Waals surface area contributed by atoms with Crippen molar-refractivity contribution in [2.45, 2.75) is 57.7 Å². The van der Waals surface area contributed by atoms with Gasteiger partial charge in [0, 0.05) is 28.0 Å². The Kier molecular flexibility index (Phi) is 10.7. The molecular formula is C31H35Br2N3O4S. The van der Waals surface area contributed by atoms with Gasteiger partial charge in [0.15, 0.2) is 0 Å². The maximum Gasteiger partial charge on any atom is 0.244 e. The van der Waals surface area contributed by atoms with Gasteiger partial charge in [0.2, 0.25) is 21.8 Å². The Bertz CT molecular complexity index is 1460. The number of hydrogen-bond donors (Lipinski definition) is 1. The van der Waals surface area contributed by atoms with Crippen LogP contribution in [0.2, 0.25) is 0 Å². The quantitative estimate of drug-likeness (QED) is 0.266. The standard InChI is InChI=1S/C31H35Br2N3O4S/c1-22-18-27(16-17-28(22)33)36(41(2,39)40)21-30(37)35(20-24-12-14-25(32)15-13-24)29(19-23-8-4-3-5-9-23)31(38)34-26-10-6-7-11-26/h3-5,8-9,12-18,26,29H,6-7,10-11,19-21H2,1-2H3,(H,34,38)/t29-/m1/s1. The highest BCUT2D eigenvalue weighted by atomic mass is 79.9. The lowest BCUT2D eigenvalue weighted by Gasteiger charge is -2.34. The van der Waals surface area contributed by atoms with Gasteiger partial charge in [-0.15, -0.1) is 0 Å². The summed E-state index contributed by atoms with van der Waals surface area (Å²) in [5.74, 6) is -0.682. The third-order valence-electron chi connectivity index (χ3n) is 7.35. The van der Waals surface area contributed by atoms with Gasteiger partial charge in [0.25, 0.3) is 0 Å². The zero-order valence-electron chi connectivity index (χ0n) is 23.2. The molecule has 0 spiro atoms. The molecule has 0 heterocycles. The number of nitrogens with one attached hydrogen (secondary N) is 1. The third kappa shape index (κ3) is 8.66. The molecule has 41 heavy (non-hydrogen) atoms. The van der Waals surface area contributed by atoms with Gasteiger partial charge in [-0.3, -0.25) is 13.9 Å². The number of amides is 2. The zero-order valence-corrected chi connectivity index (χ0v) is 27.2. The molecule has 1 aliphatic carbocycles. The molecule has 3 aromatic rings. The van der Waals surface area contributed by atoms with Crippen LogP contribution in [0.25, 0.3) is 0 Å². The van der Waals surface area contributed by atoms with Gasteiger partial charge in [-0.25, -0.2) is 8.42 Å². The fourth-order valence-electron chi connectivity index (χ4n) is 5.11. The van der Waals surface area contributed by atoms with Crippen LogP contribution in [0.1, 0.15) is 42.4 Å². The molecule has 0 bridgehead atoms. The predicted octanol–water partition coefficient (Wildman–Crippen LogP) is 5.98. The summed E-state index contributed by atoms with van der Waals surface area (Å²) in [7, 11) is -3.81. The van der Waals surface area contributed by atoms with Crippen molar-refractivity contribution in [1.29, 1.82) is 0 Å². The van der Waals surface area contributed by atoms with Crippen molar-refractivity contribution in [3.8, 4) is 0 Å². The lowest BCUT2D eigenvalue weighted by atomic mass is 10.0. The average molecular weight is 706 g/mol. The second-order valence-electron chi connectivity index (χ2n) is 10.5. The minimum Gasteiger partial charge on any atom is -0.352 e. The highest BCUT2D eigenvalue weighted by Crippen LogP contribution is 2.26. The van der Waals surface area contributed by atoms with E-state index in [1.165, 1.54) is 4.90 Å². The Morgan fingerprint density at radius 3 is 2.22 bits per heavy atom. The maximum atomic E-state index is 14.2. The van der Waals surface area contributed by atoms with Crippen molar-refractivity contribution < 1.29 is 18.0 Å². The SMILES string of the molecule is Cc1cc(N(CC(=O)N(Cc2ccc(Br)cc2)[C@H](Cc2ccccc2)C(=O)NC2CCCC2)S(C)(=O)=O)ccc1Br. The van der Waals surface area contributed by atoms with Crippen LogP contribution in [-0.4, -0.2) is 50.0 Å². The van der Waals surface area contributed by atoms with E-state index in [2.05, 4.69) is 37.2 Å². The number of benzene rings is 3. The van der Waals surface area contributed by atoms with E-state index >= 15 is 0 Å². The number of sulfonamides is 1. The fraction of sp³-hybridized carbons (Fsp3) is 0.355. The van der Waals surface area contributed by atoms with Crippen LogP contribution in [0, 0.1) is 6.92 Å². The predicted molar refractivity (Wildman–Crippen MR) is 170 cm³/mol. The Hall–Kier alpha value is -2.69. The van der Waals surface area contributed by atoms with Gasteiger partial charge >= 0.3 is 0 Å². The first kappa shape index (κ1) is 31.3. The highest BCUT2D eigenvalue weighted by Gasteiger charge is 2.34. The lowest BCUT2D eigenvalue weighted by Crippen LogP contribution is -2.54. The third-order valence-corrected chi connectivity index (χ3v) is 9.91. The molecule has 0 aliphatic heterocycles. The van der Waals surface area contributed by atoms with E-state index in [1.807, 2.05) is 61.5 Å². The zero-order chi connectivity index (χ0) is 29.6. The number of rotatable bonds is 11. The molecule has 0 saturated heterocycles. The molecule has 1 saturated carbocycles. The Morgan fingerprint density at radius 1 is 0.951 bits per heavy atom. The number of halogens is 2. The summed E-state index contributed by atoms with van der Waals surface area (Å²) < 4.78 is 28.8. The van der Waals surface area contributed by atoms with E-state index in [9.17, 15) is 18.0 Å². The monoisotopic (exact) mass is 703 g/mol. The molecular weight excluding hydrogens is 670 g/mol. The Morgan fingerprint density at radius 2 is 1.61 bits per heavy atom. The minimum atomic E-state index is -3.81. The molecule has 0 unspecified atom stereocenters. The van der Waals surface area contributed by atoms with Gasteiger partial charge < -0.3 is 10.2 Å². The fourth-order valence-corrected chi connectivity index (χ4v) is 6.46. The van der Waals surface area contributed by atoms with Crippen molar-refractivity contribution in [2.75, 3.05) is 17.1 Å². The smallest absolute Gasteiger partial charge is 0.244 e. The van der Waals surface area contributed by atoms with E-state index in [-0.39, 0.29) is 18.5 Å². The van der Waals surface area contributed by atoms with E-state index < -0.39 is 28.5 Å². The summed E-state index contributed by atoms with van der Waals surface area (Å²) in [6, 6.07) is 21.6. The first-order valence-corrected chi connectivity index (χ1v) is 17.1. The second-order valence-corrected chi connectivity index (χ2v) is 14.2. The molecule has 4 rings (SSSR count). The molecule has 218 valence electrons. The van der Waals surface area contributed by atoms with Crippen LogP contribution in [0.5, 0.6) is 0 Å². The van der Waals surface area contributed by atoms with E-state index in [1.54, 1.807) is 18.2 Å². The van der Waals surface area contributed by atoms with Crippen LogP contribution in [0.4, 0.5) is 5.69 Å². The van der Waals surface area contributed by atoms with Gasteiger partial charge in [-0.05, 0) is 66.8 Å². The summed E-state index contributed by atoms with van der Waals surface area (Å²) >= 11 is 6.91. The molecule has 1 aliphatic rings. The van der Waals surface area contributed by atoms with Crippen LogP contribution < -0.4 is 9.62 Å². The molecule has 1 atom stereocenters. The Labute approximate surface area is 259 Å². The summed E-state index contributed by atoms with van der Waals surface area (Å²) in [6.07, 6.45) is 5.34. The molecule has 0 radical (unpaired) electrons. The normalized spacial score (nSPS) is 14.4. The van der Waals surface area contributed by atoms with Gasteiger partial charge in [0.05, 0.1) is 11.9 Å². The van der Waals surface area contributed by atoms with Crippen LogP contribution in [-0.2, 0) is 32.6 Å². The topological polar surface area (TPSA) is 86.8 Å². The molecule has 1 N–H and O–H groups in total. The summed E-state index contributed by atoms with van der Waals surface area (Å²) in [4.78, 5) is 29.6. The number of carbonyl (C=O) groups is 2. The van der Waals surface area contributed by atoms with Crippen molar-refractivity contribution in [3.63, 3.8) is 0 Å². The summed E-state index contributed by atoms with van der Waals surface area (Å²) in [6.45, 7) is 1.58. The van der Waals surface area contributed by atoms with E-state index in [0.29, 0.717) is 12.1 Å². The van der Waals surface area contributed by atoms with Crippen molar-refractivity contribution in [2.24, 2.45) is 0 Å². The lowest BCUT2D eigenvalue weighted by molar-refractivity contribution is -0.140. The first-order chi connectivity index (χ1) is 19.5. The van der Waals surface area contributed by atoms with Crippen molar-refractivity contribution in [3.05, 3.63) is 98.4 Å². The van der Waals surface area contributed by atoms with Crippen molar-refractivity contribution >= 4 is 59.4 Å². The molecule has 2 amide bonds. The first-order valence-electron chi connectivity index (χ1n) is 13.6. The summed E-state index contributed by atoms with van der Waals surface area (Å²) in [5, 5.41) is 3.18. The van der Waals surface area contributed by atoms with Crippen LogP contribution in [0.15, 0.2) is 81.7 Å². The molecule has 10 heteroatoms. The number of hydrogen-bond acceptors (Lipinski definition) is 4. The number of nitrogens with zero attached hydrogens (tertiary/aromatic N) is 2. The van der Waals surface area contributed by atoms with Crippen LogP contribution >= 0.6 is 31.9 Å². The highest BCUT2D eigenvalue weighted by molar-refractivity contribution is 9.10. The van der Waals surface area contributed by atoms with E-state index in [0.717, 1.165) is 61.9 Å². The number of aryl methyl sites for hydroxylation is 1. The summed E-state index contributed by atoms with van der Waals surface area (Å²) in [5.41, 5.74) is 2.98. The average Bonchev–Trinajstić information content (AvgIpc) is 3.45. The maximum absolute atomic E-state index is 14.2. The number of anilines is 1.